The number of hydrogen-bond acceptors (Lipinski definition) is 2. The first-order valence-electron chi connectivity index (χ1n) is 11.5. The molecule has 2 N–H and O–H groups in total. The van der Waals surface area contributed by atoms with Crippen molar-refractivity contribution in [2.24, 2.45) is 11.7 Å². The number of nitrogens with two attached hydrogens (primary N) is 1. The molecule has 2 amide bonds. The lowest BCUT2D eigenvalue weighted by atomic mass is 9.73. The monoisotopic (exact) mass is 476 g/mol. The molecule has 0 aromatic heterocycles. The van der Waals surface area contributed by atoms with Crippen molar-refractivity contribution in [2.45, 2.75) is 63.1 Å². The van der Waals surface area contributed by atoms with Gasteiger partial charge in [-0.05, 0) is 72.9 Å². The molecule has 0 radical (unpaired) electrons. The van der Waals surface area contributed by atoms with Crippen LogP contribution in [0.2, 0.25) is 0 Å². The van der Waals surface area contributed by atoms with Crippen molar-refractivity contribution in [1.82, 2.24) is 4.90 Å². The van der Waals surface area contributed by atoms with Crippen LogP contribution in [-0.2, 0) is 11.0 Å². The molecule has 2 atom stereocenters. The van der Waals surface area contributed by atoms with Gasteiger partial charge in [-0.2, -0.15) is 13.2 Å². The minimum Gasteiger partial charge on any atom is -0.368 e. The Morgan fingerprint density at radius 3 is 2.38 bits per heavy atom. The first-order valence-corrected chi connectivity index (χ1v) is 11.5. The summed E-state index contributed by atoms with van der Waals surface area (Å²) in [5.74, 6) is -2.94. The fraction of sp³-hybridized carbons (Fsp3) is 0.462. The average molecular weight is 477 g/mol. The molecule has 2 fully saturated rings. The molecule has 0 bridgehead atoms. The highest BCUT2D eigenvalue weighted by molar-refractivity contribution is 6.00. The SMILES string of the molecule is CC(C)c1cccc(C(=O)N2CCC[C@@]2(C(N)=O)[C@@H](c2ccc(C(F)(F)F)cc2F)C2CC2)c1. The van der Waals surface area contributed by atoms with Gasteiger partial charge >= 0.3 is 6.18 Å². The second kappa shape index (κ2) is 8.71. The number of nitrogens with zero attached hydrogens (tertiary/aromatic N) is 1. The molecule has 1 saturated carbocycles. The van der Waals surface area contributed by atoms with Gasteiger partial charge < -0.3 is 10.6 Å². The normalized spacial score (nSPS) is 21.7. The number of hydrogen-bond donors (Lipinski definition) is 1. The lowest BCUT2D eigenvalue weighted by Crippen LogP contribution is -2.60. The summed E-state index contributed by atoms with van der Waals surface area (Å²) >= 11 is 0. The van der Waals surface area contributed by atoms with Gasteiger partial charge in [0.2, 0.25) is 5.91 Å². The molecular weight excluding hydrogens is 448 g/mol. The molecule has 0 unspecified atom stereocenters. The molecule has 0 spiro atoms. The summed E-state index contributed by atoms with van der Waals surface area (Å²) in [6.07, 6.45) is -2.59. The third kappa shape index (κ3) is 4.18. The van der Waals surface area contributed by atoms with Crippen molar-refractivity contribution in [2.75, 3.05) is 6.54 Å². The van der Waals surface area contributed by atoms with E-state index < -0.39 is 34.9 Å². The van der Waals surface area contributed by atoms with E-state index in [1.54, 1.807) is 18.2 Å². The highest BCUT2D eigenvalue weighted by atomic mass is 19.4. The van der Waals surface area contributed by atoms with Crippen molar-refractivity contribution in [1.29, 1.82) is 0 Å². The summed E-state index contributed by atoms with van der Waals surface area (Å²) in [6, 6.07) is 9.54. The van der Waals surface area contributed by atoms with Crippen molar-refractivity contribution >= 4 is 11.8 Å². The van der Waals surface area contributed by atoms with Gasteiger partial charge in [-0.1, -0.05) is 32.0 Å². The number of amides is 2. The van der Waals surface area contributed by atoms with Gasteiger partial charge in [-0.15, -0.1) is 0 Å². The Bertz CT molecular complexity index is 1110. The zero-order valence-corrected chi connectivity index (χ0v) is 19.2. The number of likely N-dealkylation sites (tertiary alicyclic amines) is 1. The third-order valence-electron chi connectivity index (χ3n) is 7.16. The summed E-state index contributed by atoms with van der Waals surface area (Å²) < 4.78 is 54.5. The zero-order valence-electron chi connectivity index (χ0n) is 19.2. The topological polar surface area (TPSA) is 63.4 Å². The first-order chi connectivity index (χ1) is 16.0. The van der Waals surface area contributed by atoms with E-state index in [1.165, 1.54) is 4.90 Å². The predicted octanol–water partition coefficient (Wildman–Crippen LogP) is 5.62. The Balaban J connectivity index is 1.80. The van der Waals surface area contributed by atoms with Gasteiger partial charge in [-0.3, -0.25) is 9.59 Å². The minimum atomic E-state index is -4.69. The van der Waals surface area contributed by atoms with Crippen LogP contribution in [0.25, 0.3) is 0 Å². The summed E-state index contributed by atoms with van der Waals surface area (Å²) in [5.41, 5.74) is 4.70. The highest BCUT2D eigenvalue weighted by Crippen LogP contribution is 2.54. The number of carbonyl (C=O) groups excluding carboxylic acids is 2. The maximum Gasteiger partial charge on any atom is 0.416 e. The Hall–Kier alpha value is -2.90. The average Bonchev–Trinajstić information content (AvgIpc) is 3.51. The van der Waals surface area contributed by atoms with Crippen molar-refractivity contribution in [3.05, 3.63) is 70.5 Å². The fourth-order valence-electron chi connectivity index (χ4n) is 5.33. The van der Waals surface area contributed by atoms with Crippen LogP contribution >= 0.6 is 0 Å². The molecule has 4 nitrogen and oxygen atoms in total. The van der Waals surface area contributed by atoms with Crippen LogP contribution in [0, 0.1) is 11.7 Å². The van der Waals surface area contributed by atoms with E-state index in [9.17, 15) is 22.8 Å². The molecule has 2 aromatic carbocycles. The highest BCUT2D eigenvalue weighted by Gasteiger charge is 2.59. The fourth-order valence-corrected chi connectivity index (χ4v) is 5.33. The van der Waals surface area contributed by atoms with Crippen LogP contribution in [0.1, 0.15) is 78.4 Å². The van der Waals surface area contributed by atoms with Crippen LogP contribution in [0.4, 0.5) is 17.6 Å². The maximum absolute atomic E-state index is 15.1. The van der Waals surface area contributed by atoms with Crippen LogP contribution in [0.15, 0.2) is 42.5 Å². The summed E-state index contributed by atoms with van der Waals surface area (Å²) in [6.45, 7) is 4.27. The third-order valence-corrected chi connectivity index (χ3v) is 7.16. The van der Waals surface area contributed by atoms with E-state index in [1.807, 2.05) is 19.9 Å². The second-order valence-electron chi connectivity index (χ2n) is 9.68. The van der Waals surface area contributed by atoms with Crippen molar-refractivity contribution in [3.8, 4) is 0 Å². The van der Waals surface area contributed by atoms with E-state index in [2.05, 4.69) is 0 Å². The number of primary amides is 1. The Kier molecular flexibility index (Phi) is 6.21. The van der Waals surface area contributed by atoms with E-state index in [0.29, 0.717) is 30.9 Å². The maximum atomic E-state index is 15.1. The van der Waals surface area contributed by atoms with E-state index in [0.717, 1.165) is 17.7 Å². The molecule has 1 aliphatic heterocycles. The predicted molar refractivity (Wildman–Crippen MR) is 120 cm³/mol. The molecule has 2 aromatic rings. The number of halogens is 4. The first kappa shape index (κ1) is 24.2. The summed E-state index contributed by atoms with van der Waals surface area (Å²) in [7, 11) is 0. The quantitative estimate of drug-likeness (QED) is 0.550. The van der Waals surface area contributed by atoms with Crippen LogP contribution in [0.3, 0.4) is 0 Å². The Morgan fingerprint density at radius 1 is 1.12 bits per heavy atom. The van der Waals surface area contributed by atoms with E-state index in [4.69, 9.17) is 5.73 Å². The molecule has 2 aliphatic rings. The van der Waals surface area contributed by atoms with Crippen LogP contribution in [0.5, 0.6) is 0 Å². The van der Waals surface area contributed by atoms with Crippen molar-refractivity contribution in [3.63, 3.8) is 0 Å². The van der Waals surface area contributed by atoms with E-state index >= 15 is 4.39 Å². The summed E-state index contributed by atoms with van der Waals surface area (Å²) in [4.78, 5) is 28.2. The van der Waals surface area contributed by atoms with Gasteiger partial charge in [-0.25, -0.2) is 4.39 Å². The van der Waals surface area contributed by atoms with E-state index in [-0.39, 0.29) is 36.3 Å². The smallest absolute Gasteiger partial charge is 0.368 e. The van der Waals surface area contributed by atoms with Crippen LogP contribution in [-0.4, -0.2) is 28.8 Å². The number of alkyl halides is 3. The van der Waals surface area contributed by atoms with Crippen LogP contribution < -0.4 is 5.73 Å². The molecular formula is C26H28F4N2O2. The lowest BCUT2D eigenvalue weighted by molar-refractivity contribution is -0.138. The van der Waals surface area contributed by atoms with Gasteiger partial charge in [0.05, 0.1) is 5.56 Å². The number of benzene rings is 2. The molecule has 4 rings (SSSR count). The second-order valence-corrected chi connectivity index (χ2v) is 9.68. The summed E-state index contributed by atoms with van der Waals surface area (Å²) in [5, 5.41) is 0. The molecule has 1 saturated heterocycles. The molecule has 1 heterocycles. The largest absolute Gasteiger partial charge is 0.416 e. The number of carbonyl (C=O) groups is 2. The Labute approximate surface area is 196 Å². The molecule has 1 aliphatic carbocycles. The van der Waals surface area contributed by atoms with Crippen molar-refractivity contribution < 1.29 is 27.2 Å². The Morgan fingerprint density at radius 2 is 1.82 bits per heavy atom. The van der Waals surface area contributed by atoms with Gasteiger partial charge in [0, 0.05) is 18.0 Å². The standard InChI is InChI=1S/C26H28F4N2O2/c1-15(2)17-5-3-6-18(13-17)23(33)32-12-4-11-25(32,24(31)34)22(16-7-8-16)20-10-9-19(14-21(20)27)26(28,29)30/h3,5-6,9-10,13-16,22H,4,7-8,11-12H2,1-2H3,(H2,31,34)/t22-,25+/m1/s1. The molecule has 182 valence electrons. The van der Waals surface area contributed by atoms with Gasteiger partial charge in [0.25, 0.3) is 5.91 Å². The molecule has 8 heteroatoms. The minimum absolute atomic E-state index is 0.00457. The lowest BCUT2D eigenvalue weighted by Gasteiger charge is -2.43. The van der Waals surface area contributed by atoms with Gasteiger partial charge in [0.1, 0.15) is 11.4 Å². The zero-order chi connectivity index (χ0) is 24.8. The molecule has 34 heavy (non-hydrogen) atoms. The number of rotatable bonds is 6. The van der Waals surface area contributed by atoms with Gasteiger partial charge in [0.15, 0.2) is 0 Å².